The van der Waals surface area contributed by atoms with Crippen LogP contribution < -0.4 is 20.7 Å². The number of imidazole rings is 1. The van der Waals surface area contributed by atoms with E-state index in [4.69, 9.17) is 9.47 Å². The van der Waals surface area contributed by atoms with E-state index >= 15 is 0 Å². The van der Waals surface area contributed by atoms with Crippen molar-refractivity contribution in [3.63, 3.8) is 0 Å². The number of carbonyl (C=O) groups excluding carboxylic acids is 4. The van der Waals surface area contributed by atoms with Crippen molar-refractivity contribution < 1.29 is 41.8 Å². The number of halogens is 3. The van der Waals surface area contributed by atoms with Crippen LogP contribution in [0.4, 0.5) is 18.9 Å². The van der Waals surface area contributed by atoms with E-state index in [0.29, 0.717) is 45.8 Å². The van der Waals surface area contributed by atoms with Gasteiger partial charge >= 0.3 is 6.18 Å². The molecule has 2 aliphatic rings. The van der Waals surface area contributed by atoms with Gasteiger partial charge in [0.2, 0.25) is 11.8 Å². The number of benzene rings is 3. The van der Waals surface area contributed by atoms with Crippen LogP contribution in [0.15, 0.2) is 73.2 Å². The van der Waals surface area contributed by atoms with E-state index in [2.05, 4.69) is 20.9 Å². The van der Waals surface area contributed by atoms with E-state index in [1.54, 1.807) is 53.5 Å². The first-order chi connectivity index (χ1) is 24.5. The predicted octanol–water partition coefficient (Wildman–Crippen LogP) is 4.30. The van der Waals surface area contributed by atoms with Gasteiger partial charge in [0.05, 0.1) is 30.8 Å². The molecule has 15 heteroatoms. The number of ether oxygens (including phenoxy) is 2. The molecule has 0 aliphatic carbocycles. The minimum absolute atomic E-state index is 0.186. The zero-order valence-electron chi connectivity index (χ0n) is 27.6. The first-order valence-electron chi connectivity index (χ1n) is 16.2. The number of anilines is 1. The van der Waals surface area contributed by atoms with Crippen molar-refractivity contribution in [2.75, 3.05) is 31.7 Å². The van der Waals surface area contributed by atoms with Crippen LogP contribution in [-0.4, -0.2) is 70.5 Å². The highest BCUT2D eigenvalue weighted by Crippen LogP contribution is 2.32. The SMILES string of the molecule is Cn1cnc(-c2cc(C(=O)NCCOCCOc3ccc4c(c3)CN([C@H]3CCC(=O)NC3=O)C4=O)ccc2NCc2ccc(C(F)(F)F)cc2)c1. The number of rotatable bonds is 13. The van der Waals surface area contributed by atoms with Crippen molar-refractivity contribution in [1.29, 1.82) is 0 Å². The Morgan fingerprint density at radius 1 is 1.00 bits per heavy atom. The number of piperidine rings is 1. The Kier molecular flexibility index (Phi) is 10.4. The molecule has 266 valence electrons. The third kappa shape index (κ3) is 8.37. The number of imide groups is 1. The molecular weight excluding hydrogens is 669 g/mol. The van der Waals surface area contributed by atoms with Gasteiger partial charge in [-0.05, 0) is 66.1 Å². The van der Waals surface area contributed by atoms with Gasteiger partial charge in [0.1, 0.15) is 18.4 Å². The number of amides is 4. The molecule has 3 aromatic carbocycles. The normalized spacial score (nSPS) is 15.8. The fourth-order valence-electron chi connectivity index (χ4n) is 5.91. The summed E-state index contributed by atoms with van der Waals surface area (Å²) in [4.78, 5) is 55.5. The number of carbonyl (C=O) groups is 4. The van der Waals surface area contributed by atoms with Crippen LogP contribution in [0.5, 0.6) is 5.75 Å². The molecule has 3 N–H and O–H groups in total. The molecule has 51 heavy (non-hydrogen) atoms. The minimum Gasteiger partial charge on any atom is -0.491 e. The van der Waals surface area contributed by atoms with Gasteiger partial charge in [0.15, 0.2) is 0 Å². The second-order valence-corrected chi connectivity index (χ2v) is 12.2. The van der Waals surface area contributed by atoms with Gasteiger partial charge in [0, 0.05) is 61.7 Å². The molecule has 3 heterocycles. The highest BCUT2D eigenvalue weighted by Gasteiger charge is 2.39. The molecule has 0 unspecified atom stereocenters. The van der Waals surface area contributed by atoms with E-state index in [0.717, 1.165) is 17.7 Å². The van der Waals surface area contributed by atoms with Gasteiger partial charge in [-0.2, -0.15) is 13.2 Å². The summed E-state index contributed by atoms with van der Waals surface area (Å²) in [7, 11) is 1.82. The molecule has 1 fully saturated rings. The summed E-state index contributed by atoms with van der Waals surface area (Å²) in [5.41, 5.74) is 3.50. The average Bonchev–Trinajstić information content (AvgIpc) is 3.68. The Labute approximate surface area is 290 Å². The minimum atomic E-state index is -4.41. The van der Waals surface area contributed by atoms with Gasteiger partial charge in [-0.1, -0.05) is 12.1 Å². The van der Waals surface area contributed by atoms with Crippen molar-refractivity contribution >= 4 is 29.3 Å². The maximum Gasteiger partial charge on any atom is 0.416 e. The number of hydrogen-bond acceptors (Lipinski definition) is 8. The van der Waals surface area contributed by atoms with E-state index in [9.17, 15) is 32.3 Å². The lowest BCUT2D eigenvalue weighted by Gasteiger charge is -2.29. The average molecular weight is 705 g/mol. The summed E-state index contributed by atoms with van der Waals surface area (Å²) in [5, 5.41) is 8.36. The first kappa shape index (κ1) is 35.1. The molecule has 6 rings (SSSR count). The highest BCUT2D eigenvalue weighted by molar-refractivity contribution is 6.05. The molecular formula is C36H35F3N6O6. The van der Waals surface area contributed by atoms with Crippen LogP contribution in [-0.2, 0) is 40.6 Å². The summed E-state index contributed by atoms with van der Waals surface area (Å²) in [6.45, 7) is 1.46. The largest absolute Gasteiger partial charge is 0.491 e. The summed E-state index contributed by atoms with van der Waals surface area (Å²) < 4.78 is 52.0. The number of alkyl halides is 3. The Balaban J connectivity index is 0.959. The molecule has 1 aromatic heterocycles. The van der Waals surface area contributed by atoms with Crippen molar-refractivity contribution in [1.82, 2.24) is 25.1 Å². The number of aromatic nitrogens is 2. The molecule has 12 nitrogen and oxygen atoms in total. The van der Waals surface area contributed by atoms with Crippen LogP contribution in [0.3, 0.4) is 0 Å². The lowest BCUT2D eigenvalue weighted by Crippen LogP contribution is -2.52. The molecule has 0 radical (unpaired) electrons. The number of nitrogens with zero attached hydrogens (tertiary/aromatic N) is 3. The van der Waals surface area contributed by atoms with Gasteiger partial charge in [-0.15, -0.1) is 0 Å². The second-order valence-electron chi connectivity index (χ2n) is 12.2. The number of aryl methyl sites for hydroxylation is 1. The summed E-state index contributed by atoms with van der Waals surface area (Å²) in [6, 6.07) is 14.4. The fourth-order valence-corrected chi connectivity index (χ4v) is 5.91. The first-order valence-corrected chi connectivity index (χ1v) is 16.2. The van der Waals surface area contributed by atoms with Gasteiger partial charge in [-0.3, -0.25) is 24.5 Å². The van der Waals surface area contributed by atoms with Crippen LogP contribution in [0, 0.1) is 0 Å². The van der Waals surface area contributed by atoms with E-state index < -0.39 is 23.7 Å². The van der Waals surface area contributed by atoms with Crippen molar-refractivity contribution in [3.8, 4) is 17.0 Å². The molecule has 0 spiro atoms. The van der Waals surface area contributed by atoms with Crippen LogP contribution in [0.2, 0.25) is 0 Å². The molecule has 2 aliphatic heterocycles. The predicted molar refractivity (Wildman–Crippen MR) is 179 cm³/mol. The van der Waals surface area contributed by atoms with Crippen molar-refractivity contribution in [2.24, 2.45) is 7.05 Å². The maximum atomic E-state index is 13.0. The van der Waals surface area contributed by atoms with Crippen LogP contribution in [0.25, 0.3) is 11.3 Å². The smallest absolute Gasteiger partial charge is 0.416 e. The van der Waals surface area contributed by atoms with Gasteiger partial charge in [-0.25, -0.2) is 4.98 Å². The van der Waals surface area contributed by atoms with Crippen LogP contribution in [0.1, 0.15) is 50.2 Å². The summed E-state index contributed by atoms with van der Waals surface area (Å²) >= 11 is 0. The zero-order valence-corrected chi connectivity index (χ0v) is 27.6. The molecule has 1 saturated heterocycles. The third-order valence-electron chi connectivity index (χ3n) is 8.55. The number of fused-ring (bicyclic) bond motifs is 1. The second kappa shape index (κ2) is 15.0. The standard InChI is InChI=1S/C36H35F3N6O6/c1-44-20-30(42-21-44)28-17-23(4-9-29(28)41-18-22-2-5-25(6-3-22)36(37,38)39)33(47)40-12-13-50-14-15-51-26-7-8-27-24(16-26)19-45(35(27)49)31-10-11-32(46)43-34(31)48/h2-9,16-17,20-21,31,41H,10-15,18-19H2,1H3,(H,40,47)(H,43,46,48)/t31-/m0/s1. The summed E-state index contributed by atoms with van der Waals surface area (Å²) in [5.74, 6) is -0.830. The zero-order chi connectivity index (χ0) is 36.1. The van der Waals surface area contributed by atoms with Gasteiger partial charge < -0.3 is 29.6 Å². The van der Waals surface area contributed by atoms with Crippen LogP contribution >= 0.6 is 0 Å². The number of hydrogen-bond donors (Lipinski definition) is 3. The Morgan fingerprint density at radius 2 is 1.80 bits per heavy atom. The molecule has 4 aromatic rings. The van der Waals surface area contributed by atoms with E-state index in [-0.39, 0.29) is 63.6 Å². The fraction of sp³-hybridized carbons (Fsp3) is 0.306. The van der Waals surface area contributed by atoms with Crippen molar-refractivity contribution in [3.05, 3.63) is 101 Å². The van der Waals surface area contributed by atoms with E-state index in [1.807, 2.05) is 7.05 Å². The maximum absolute atomic E-state index is 13.0. The Morgan fingerprint density at radius 3 is 2.53 bits per heavy atom. The highest BCUT2D eigenvalue weighted by atomic mass is 19.4. The number of nitrogens with one attached hydrogen (secondary N) is 3. The monoisotopic (exact) mass is 704 g/mol. The van der Waals surface area contributed by atoms with Gasteiger partial charge in [0.25, 0.3) is 11.8 Å². The third-order valence-corrected chi connectivity index (χ3v) is 8.55. The Bertz CT molecular complexity index is 1940. The molecule has 0 saturated carbocycles. The molecule has 4 amide bonds. The Hall–Kier alpha value is -5.70. The molecule has 1 atom stereocenters. The lowest BCUT2D eigenvalue weighted by atomic mass is 10.0. The lowest BCUT2D eigenvalue weighted by molar-refractivity contribution is -0.138. The van der Waals surface area contributed by atoms with Crippen molar-refractivity contribution in [2.45, 2.75) is 38.1 Å². The molecule has 0 bridgehead atoms. The quantitative estimate of drug-likeness (QED) is 0.138. The summed E-state index contributed by atoms with van der Waals surface area (Å²) in [6.07, 6.45) is -0.499. The van der Waals surface area contributed by atoms with E-state index in [1.165, 1.54) is 17.0 Å². The topological polar surface area (TPSA) is 144 Å².